The summed E-state index contributed by atoms with van der Waals surface area (Å²) in [4.78, 5) is 13.5. The van der Waals surface area contributed by atoms with Crippen molar-refractivity contribution in [2.75, 3.05) is 4.90 Å². The molecule has 60 heavy (non-hydrogen) atoms. The van der Waals surface area contributed by atoms with Gasteiger partial charge in [-0.15, -0.1) is 0 Å². The molecule has 0 fully saturated rings. The van der Waals surface area contributed by atoms with Crippen molar-refractivity contribution in [3.63, 3.8) is 0 Å². The zero-order chi connectivity index (χ0) is 42.5. The molecule has 3 heteroatoms. The van der Waals surface area contributed by atoms with E-state index in [4.69, 9.17) is 0 Å². The molecular weight excluding hydrogens is 731 g/mol. The first-order chi connectivity index (χ1) is 28.8. The normalized spacial score (nSPS) is 11.1. The highest BCUT2D eigenvalue weighted by atomic mass is 16.4. The van der Waals surface area contributed by atoms with E-state index in [0.717, 1.165) is 33.8 Å². The van der Waals surface area contributed by atoms with E-state index >= 15 is 0 Å². The maximum Gasteiger partial charge on any atom is 0.328 e. The summed E-state index contributed by atoms with van der Waals surface area (Å²) >= 11 is 0. The molecule has 0 atom stereocenters. The van der Waals surface area contributed by atoms with Crippen LogP contribution in [0.1, 0.15) is 83.5 Å². The van der Waals surface area contributed by atoms with Gasteiger partial charge in [-0.2, -0.15) is 0 Å². The molecule has 0 saturated heterocycles. The molecule has 298 valence electrons. The third-order valence-electron chi connectivity index (χ3n) is 10.6. The number of hydrogen-bond donors (Lipinski definition) is 1. The third kappa shape index (κ3) is 10.2. The third-order valence-corrected chi connectivity index (χ3v) is 10.6. The maximum atomic E-state index is 11.2. The molecule has 0 bridgehead atoms. The van der Waals surface area contributed by atoms with Crippen molar-refractivity contribution >= 4 is 52.4 Å². The van der Waals surface area contributed by atoms with Crippen molar-refractivity contribution in [3.05, 3.63) is 235 Å². The van der Waals surface area contributed by atoms with Crippen molar-refractivity contribution in [1.82, 2.24) is 0 Å². The van der Waals surface area contributed by atoms with Crippen LogP contribution >= 0.6 is 0 Å². The molecule has 3 nitrogen and oxygen atoms in total. The molecule has 0 heterocycles. The average molecular weight is 784 g/mol. The molecule has 0 unspecified atom stereocenters. The number of aryl methyl sites for hydroxylation is 8. The van der Waals surface area contributed by atoms with E-state index in [-0.39, 0.29) is 0 Å². The van der Waals surface area contributed by atoms with Gasteiger partial charge in [0.1, 0.15) is 0 Å². The van der Waals surface area contributed by atoms with Crippen LogP contribution < -0.4 is 4.90 Å². The molecule has 7 aromatic rings. The number of hydrogen-bond acceptors (Lipinski definition) is 2. The van der Waals surface area contributed by atoms with Crippen molar-refractivity contribution in [2.45, 2.75) is 55.4 Å². The monoisotopic (exact) mass is 783 g/mol. The van der Waals surface area contributed by atoms with Gasteiger partial charge in [-0.1, -0.05) is 154 Å². The van der Waals surface area contributed by atoms with Gasteiger partial charge in [0.15, 0.2) is 0 Å². The molecule has 7 aromatic carbocycles. The number of carboxylic acid groups (broad SMARTS) is 1. The van der Waals surface area contributed by atoms with E-state index in [1.807, 2.05) is 24.3 Å². The minimum absolute atomic E-state index is 0.817. The Morgan fingerprint density at radius 1 is 0.383 bits per heavy atom. The van der Waals surface area contributed by atoms with Gasteiger partial charge in [0, 0.05) is 23.1 Å². The molecule has 0 aliphatic carbocycles. The first-order valence-electron chi connectivity index (χ1n) is 20.6. The largest absolute Gasteiger partial charge is 0.478 e. The molecular formula is C57H53NO2. The summed E-state index contributed by atoms with van der Waals surface area (Å²) in [6.07, 6.45) is 7.37. The predicted molar refractivity (Wildman–Crippen MR) is 255 cm³/mol. The van der Waals surface area contributed by atoms with E-state index in [1.165, 1.54) is 84.0 Å². The highest BCUT2D eigenvalue weighted by Gasteiger charge is 2.15. The molecule has 0 aliphatic heterocycles. The smallest absolute Gasteiger partial charge is 0.328 e. The van der Waals surface area contributed by atoms with Crippen LogP contribution in [0.5, 0.6) is 0 Å². The van der Waals surface area contributed by atoms with Crippen LogP contribution in [-0.2, 0) is 4.79 Å². The van der Waals surface area contributed by atoms with Crippen LogP contribution in [0.25, 0.3) is 29.4 Å². The van der Waals surface area contributed by atoms with Crippen LogP contribution in [-0.4, -0.2) is 11.1 Å². The second-order valence-corrected chi connectivity index (χ2v) is 16.4. The van der Waals surface area contributed by atoms with Crippen molar-refractivity contribution in [1.29, 1.82) is 0 Å². The van der Waals surface area contributed by atoms with Gasteiger partial charge in [-0.25, -0.2) is 4.79 Å². The standard InChI is InChI=1S/C57H53NO2/c1-37-23-38(2)28-48(27-37)55(49-29-39(3)24-40(4)30-49)35-46-11-18-53(19-12-46)58(52-16-9-45(10-17-52)15-22-57(59)60)54-20-13-47(14-21-54)36-56(50-31-41(5)25-42(6)32-50)51-33-43(7)26-44(8)34-51/h9-36H,1-8H3,(H,59,60)/b22-15-. The lowest BCUT2D eigenvalue weighted by atomic mass is 9.91. The van der Waals surface area contributed by atoms with Gasteiger partial charge in [-0.05, 0) is 160 Å². The fraction of sp³-hybridized carbons (Fsp3) is 0.140. The Morgan fingerprint density at radius 3 is 0.883 bits per heavy atom. The number of nitrogens with zero attached hydrogens (tertiary/aromatic N) is 1. The van der Waals surface area contributed by atoms with E-state index in [2.05, 4.69) is 194 Å². The topological polar surface area (TPSA) is 40.5 Å². The number of anilines is 3. The van der Waals surface area contributed by atoms with Gasteiger partial charge in [0.2, 0.25) is 0 Å². The lowest BCUT2D eigenvalue weighted by Gasteiger charge is -2.26. The van der Waals surface area contributed by atoms with E-state index in [9.17, 15) is 9.90 Å². The van der Waals surface area contributed by atoms with Gasteiger partial charge < -0.3 is 10.0 Å². The predicted octanol–water partition coefficient (Wildman–Crippen LogP) is 14.9. The number of carbonyl (C=O) groups is 1. The minimum Gasteiger partial charge on any atom is -0.478 e. The number of carboxylic acids is 1. The molecule has 7 rings (SSSR count). The van der Waals surface area contributed by atoms with Crippen LogP contribution in [0.15, 0.2) is 152 Å². The Morgan fingerprint density at radius 2 is 0.633 bits per heavy atom. The minimum atomic E-state index is -0.972. The van der Waals surface area contributed by atoms with E-state index in [1.54, 1.807) is 6.08 Å². The second-order valence-electron chi connectivity index (χ2n) is 16.4. The van der Waals surface area contributed by atoms with E-state index < -0.39 is 5.97 Å². The lowest BCUT2D eigenvalue weighted by molar-refractivity contribution is -0.131. The number of benzene rings is 7. The summed E-state index contributed by atoms with van der Waals surface area (Å²) in [5.41, 5.74) is 23.1. The van der Waals surface area contributed by atoms with Gasteiger partial charge in [0.05, 0.1) is 0 Å². The second kappa shape index (κ2) is 17.9. The fourth-order valence-electron chi connectivity index (χ4n) is 8.31. The number of rotatable bonds is 11. The van der Waals surface area contributed by atoms with Crippen molar-refractivity contribution in [3.8, 4) is 0 Å². The molecule has 0 spiro atoms. The maximum absolute atomic E-state index is 11.2. The zero-order valence-electron chi connectivity index (χ0n) is 36.0. The first-order valence-corrected chi connectivity index (χ1v) is 20.6. The van der Waals surface area contributed by atoms with Gasteiger partial charge in [-0.3, -0.25) is 0 Å². The zero-order valence-corrected chi connectivity index (χ0v) is 36.0. The summed E-state index contributed by atoms with van der Waals surface area (Å²) in [6, 6.07) is 52.5. The van der Waals surface area contributed by atoms with Crippen LogP contribution in [0.2, 0.25) is 0 Å². The first kappa shape index (κ1) is 41.2. The summed E-state index contributed by atoms with van der Waals surface area (Å²) in [7, 11) is 0. The Bertz CT molecular complexity index is 2430. The molecule has 0 amide bonds. The summed E-state index contributed by atoms with van der Waals surface area (Å²) < 4.78 is 0. The lowest BCUT2D eigenvalue weighted by Crippen LogP contribution is -2.09. The molecule has 1 N–H and O–H groups in total. The highest BCUT2D eigenvalue weighted by molar-refractivity contribution is 5.94. The van der Waals surface area contributed by atoms with Gasteiger partial charge in [0.25, 0.3) is 0 Å². The summed E-state index contributed by atoms with van der Waals surface area (Å²) in [5.74, 6) is -0.972. The summed E-state index contributed by atoms with van der Waals surface area (Å²) in [5, 5.41) is 9.22. The highest BCUT2D eigenvalue weighted by Crippen LogP contribution is 2.37. The molecule has 0 radical (unpaired) electrons. The van der Waals surface area contributed by atoms with Gasteiger partial charge >= 0.3 is 5.97 Å². The van der Waals surface area contributed by atoms with Crippen molar-refractivity contribution in [2.24, 2.45) is 0 Å². The van der Waals surface area contributed by atoms with E-state index in [0.29, 0.717) is 0 Å². The Balaban J connectivity index is 1.31. The average Bonchev–Trinajstić information content (AvgIpc) is 3.18. The SMILES string of the molecule is Cc1cc(C)cc(C(=Cc2ccc(N(c3ccc(C=C(c4cc(C)cc(C)c4)c4cc(C)cc(C)c4)cc3)c3ccc(/C=C\C(=O)O)cc3)cc2)c2cc(C)cc(C)c2)c1. The Labute approximate surface area is 356 Å². The Kier molecular flexibility index (Phi) is 12.3. The van der Waals surface area contributed by atoms with Crippen LogP contribution in [0.3, 0.4) is 0 Å². The fourth-order valence-corrected chi connectivity index (χ4v) is 8.31. The van der Waals surface area contributed by atoms with Crippen LogP contribution in [0.4, 0.5) is 17.1 Å². The number of aliphatic carboxylic acids is 1. The van der Waals surface area contributed by atoms with Crippen LogP contribution in [0, 0.1) is 55.4 Å². The Hall–Kier alpha value is -6.97. The molecule has 0 saturated carbocycles. The quantitative estimate of drug-likeness (QED) is 0.105. The molecule has 0 aromatic heterocycles. The summed E-state index contributed by atoms with van der Waals surface area (Å²) in [6.45, 7) is 17.3. The molecule has 0 aliphatic rings. The van der Waals surface area contributed by atoms with Crippen molar-refractivity contribution < 1.29 is 9.90 Å².